The highest BCUT2D eigenvalue weighted by molar-refractivity contribution is 6.35. The molecule has 0 aliphatic heterocycles. The summed E-state index contributed by atoms with van der Waals surface area (Å²) in [5.41, 5.74) is 1.70. The molecule has 2 unspecified atom stereocenters. The summed E-state index contributed by atoms with van der Waals surface area (Å²) in [5.74, 6) is -0.177. The maximum Gasteiger partial charge on any atom is 0.234 e. The van der Waals surface area contributed by atoms with Crippen molar-refractivity contribution in [3.05, 3.63) is 63.4 Å². The minimum absolute atomic E-state index is 0.0886. The van der Waals surface area contributed by atoms with Gasteiger partial charge in [0.1, 0.15) is 18.2 Å². The fourth-order valence-corrected chi connectivity index (χ4v) is 4.05. The van der Waals surface area contributed by atoms with Crippen LogP contribution in [-0.2, 0) is 11.2 Å². The van der Waals surface area contributed by atoms with Gasteiger partial charge in [0, 0.05) is 22.5 Å². The summed E-state index contributed by atoms with van der Waals surface area (Å²) in [5, 5.41) is 14.2. The first-order valence-electron chi connectivity index (χ1n) is 8.86. The molecule has 5 nitrogen and oxygen atoms in total. The number of benzene rings is 2. The van der Waals surface area contributed by atoms with Crippen LogP contribution in [0, 0.1) is 5.82 Å². The molecule has 0 aromatic heterocycles. The Kier molecular flexibility index (Phi) is 6.78. The van der Waals surface area contributed by atoms with E-state index in [9.17, 15) is 14.3 Å². The van der Waals surface area contributed by atoms with Crippen molar-refractivity contribution in [2.24, 2.45) is 0 Å². The molecule has 8 heteroatoms. The lowest BCUT2D eigenvalue weighted by Gasteiger charge is -2.27. The molecule has 0 saturated heterocycles. The zero-order valence-corrected chi connectivity index (χ0v) is 16.8. The number of ether oxygens (including phenoxy) is 1. The van der Waals surface area contributed by atoms with Crippen LogP contribution in [0.1, 0.15) is 17.2 Å². The maximum atomic E-state index is 13.1. The van der Waals surface area contributed by atoms with Gasteiger partial charge in [-0.25, -0.2) is 4.39 Å². The van der Waals surface area contributed by atoms with E-state index in [4.69, 9.17) is 27.9 Å². The Morgan fingerprint density at radius 1 is 1.36 bits per heavy atom. The van der Waals surface area contributed by atoms with Crippen molar-refractivity contribution in [2.75, 3.05) is 26.7 Å². The number of fused-ring (bicyclic) bond motifs is 1. The Hall–Kier alpha value is -1.86. The van der Waals surface area contributed by atoms with Gasteiger partial charge in [0.25, 0.3) is 0 Å². The minimum Gasteiger partial charge on any atom is -0.492 e. The standard InChI is InChI=1S/C20H21Cl2FN2O3/c1-25(20-16-7-12(21)8-17(22)15(16)10-18(20)26)11-19(27)24-5-6-28-14-4-2-3-13(23)9-14/h2-4,7-9,18,20,26H,5-6,10-11H2,1H3,(H,24,27). The molecule has 0 heterocycles. The van der Waals surface area contributed by atoms with Gasteiger partial charge >= 0.3 is 0 Å². The number of likely N-dealkylation sites (N-methyl/N-ethyl adjacent to an activating group) is 1. The van der Waals surface area contributed by atoms with Crippen molar-refractivity contribution in [3.8, 4) is 5.75 Å². The first-order chi connectivity index (χ1) is 13.3. The third kappa shape index (κ3) is 4.94. The lowest BCUT2D eigenvalue weighted by atomic mass is 10.1. The Morgan fingerprint density at radius 3 is 2.89 bits per heavy atom. The highest BCUT2D eigenvalue weighted by atomic mass is 35.5. The molecule has 0 bridgehead atoms. The monoisotopic (exact) mass is 426 g/mol. The topological polar surface area (TPSA) is 61.8 Å². The third-order valence-corrected chi connectivity index (χ3v) is 5.20. The van der Waals surface area contributed by atoms with Gasteiger partial charge in [-0.3, -0.25) is 9.69 Å². The van der Waals surface area contributed by atoms with Crippen LogP contribution < -0.4 is 10.1 Å². The van der Waals surface area contributed by atoms with Crippen LogP contribution in [0.2, 0.25) is 10.0 Å². The predicted octanol–water partition coefficient (Wildman–Crippen LogP) is 3.22. The average molecular weight is 427 g/mol. The summed E-state index contributed by atoms with van der Waals surface area (Å²) < 4.78 is 18.5. The number of rotatable bonds is 7. The van der Waals surface area contributed by atoms with E-state index in [1.54, 1.807) is 36.2 Å². The molecule has 1 aliphatic carbocycles. The van der Waals surface area contributed by atoms with E-state index in [1.165, 1.54) is 12.1 Å². The van der Waals surface area contributed by atoms with E-state index in [0.29, 0.717) is 22.2 Å². The molecule has 1 aliphatic rings. The smallest absolute Gasteiger partial charge is 0.234 e. The molecule has 0 spiro atoms. The molecule has 2 aromatic carbocycles. The zero-order valence-electron chi connectivity index (χ0n) is 15.3. The molecule has 2 aromatic rings. The molecule has 0 radical (unpaired) electrons. The first kappa shape index (κ1) is 20.9. The maximum absolute atomic E-state index is 13.1. The van der Waals surface area contributed by atoms with Crippen LogP contribution in [0.15, 0.2) is 36.4 Å². The van der Waals surface area contributed by atoms with Gasteiger partial charge in [0.2, 0.25) is 5.91 Å². The van der Waals surface area contributed by atoms with Gasteiger partial charge in [-0.05, 0) is 42.4 Å². The summed E-state index contributed by atoms with van der Waals surface area (Å²) >= 11 is 12.3. The number of nitrogens with one attached hydrogen (secondary N) is 1. The molecule has 0 saturated carbocycles. The quantitative estimate of drug-likeness (QED) is 0.667. The molecular weight excluding hydrogens is 406 g/mol. The van der Waals surface area contributed by atoms with Crippen LogP contribution >= 0.6 is 23.2 Å². The van der Waals surface area contributed by atoms with Gasteiger partial charge in [-0.2, -0.15) is 0 Å². The van der Waals surface area contributed by atoms with E-state index in [1.807, 2.05) is 0 Å². The molecule has 0 fully saturated rings. The summed E-state index contributed by atoms with van der Waals surface area (Å²) in [6, 6.07) is 8.90. The molecule has 2 atom stereocenters. The predicted molar refractivity (Wildman–Crippen MR) is 106 cm³/mol. The van der Waals surface area contributed by atoms with E-state index in [0.717, 1.165) is 11.1 Å². The van der Waals surface area contributed by atoms with Gasteiger partial charge < -0.3 is 15.2 Å². The number of aliphatic hydroxyl groups excluding tert-OH is 1. The highest BCUT2D eigenvalue weighted by Crippen LogP contribution is 2.40. The van der Waals surface area contributed by atoms with Gasteiger partial charge in [0.15, 0.2) is 0 Å². The minimum atomic E-state index is -0.667. The summed E-state index contributed by atoms with van der Waals surface area (Å²) in [6.45, 7) is 0.592. The summed E-state index contributed by atoms with van der Waals surface area (Å²) in [6.07, 6.45) is -0.247. The van der Waals surface area contributed by atoms with Crippen LogP contribution in [0.4, 0.5) is 4.39 Å². The van der Waals surface area contributed by atoms with E-state index in [-0.39, 0.29) is 37.5 Å². The number of hydrogen-bond donors (Lipinski definition) is 2. The number of carbonyl (C=O) groups excluding carboxylic acids is 1. The van der Waals surface area contributed by atoms with Crippen LogP contribution in [0.5, 0.6) is 5.75 Å². The average Bonchev–Trinajstić information content (AvgIpc) is 2.95. The highest BCUT2D eigenvalue weighted by Gasteiger charge is 2.36. The van der Waals surface area contributed by atoms with Crippen molar-refractivity contribution >= 4 is 29.1 Å². The van der Waals surface area contributed by atoms with E-state index < -0.39 is 6.10 Å². The Morgan fingerprint density at radius 2 is 2.14 bits per heavy atom. The summed E-state index contributed by atoms with van der Waals surface area (Å²) in [4.78, 5) is 14.0. The number of amides is 1. The number of halogens is 3. The van der Waals surface area contributed by atoms with E-state index in [2.05, 4.69) is 5.32 Å². The summed E-state index contributed by atoms with van der Waals surface area (Å²) in [7, 11) is 1.76. The Balaban J connectivity index is 1.51. The second kappa shape index (κ2) is 9.09. The third-order valence-electron chi connectivity index (χ3n) is 4.65. The van der Waals surface area contributed by atoms with Crippen molar-refractivity contribution in [1.29, 1.82) is 0 Å². The lowest BCUT2D eigenvalue weighted by molar-refractivity contribution is -0.123. The van der Waals surface area contributed by atoms with Gasteiger partial charge in [-0.1, -0.05) is 29.3 Å². The van der Waals surface area contributed by atoms with Crippen molar-refractivity contribution in [2.45, 2.75) is 18.6 Å². The van der Waals surface area contributed by atoms with Crippen LogP contribution in [0.25, 0.3) is 0 Å². The molecule has 3 rings (SSSR count). The fourth-order valence-electron chi connectivity index (χ4n) is 3.46. The van der Waals surface area contributed by atoms with E-state index >= 15 is 0 Å². The van der Waals surface area contributed by atoms with Crippen molar-refractivity contribution in [1.82, 2.24) is 10.2 Å². The van der Waals surface area contributed by atoms with Crippen molar-refractivity contribution < 1.29 is 19.0 Å². The van der Waals surface area contributed by atoms with Gasteiger partial charge in [-0.15, -0.1) is 0 Å². The Labute approximate surface area is 173 Å². The molecule has 2 N–H and O–H groups in total. The largest absolute Gasteiger partial charge is 0.492 e. The number of hydrogen-bond acceptors (Lipinski definition) is 4. The van der Waals surface area contributed by atoms with Crippen LogP contribution in [-0.4, -0.2) is 48.8 Å². The van der Waals surface area contributed by atoms with Crippen molar-refractivity contribution in [3.63, 3.8) is 0 Å². The molecular formula is C20H21Cl2FN2O3. The Bertz CT molecular complexity index is 865. The van der Waals surface area contributed by atoms with Gasteiger partial charge in [0.05, 0.1) is 25.2 Å². The zero-order chi connectivity index (χ0) is 20.3. The van der Waals surface area contributed by atoms with Crippen LogP contribution in [0.3, 0.4) is 0 Å². The second-order valence-corrected chi connectivity index (χ2v) is 7.59. The SMILES string of the molecule is CN(CC(=O)NCCOc1cccc(F)c1)C1c2cc(Cl)cc(Cl)c2CC1O. The second-order valence-electron chi connectivity index (χ2n) is 6.74. The fraction of sp³-hybridized carbons (Fsp3) is 0.350. The number of carbonyl (C=O) groups is 1. The number of nitrogens with zero attached hydrogens (tertiary/aromatic N) is 1. The molecule has 150 valence electrons. The molecule has 1 amide bonds. The lowest BCUT2D eigenvalue weighted by Crippen LogP contribution is -2.40. The molecule has 28 heavy (non-hydrogen) atoms. The number of aliphatic hydroxyl groups is 1. The normalized spacial score (nSPS) is 18.2. The first-order valence-corrected chi connectivity index (χ1v) is 9.62.